The summed E-state index contributed by atoms with van der Waals surface area (Å²) < 4.78 is 2.29. The Morgan fingerprint density at radius 1 is 1.14 bits per heavy atom. The number of rotatable bonds is 3. The number of piperidine rings is 1. The van der Waals surface area contributed by atoms with E-state index in [0.717, 1.165) is 12.4 Å². The maximum absolute atomic E-state index is 4.72. The molecule has 1 atom stereocenters. The highest BCUT2D eigenvalue weighted by Crippen LogP contribution is 2.34. The topological polar surface area (TPSA) is 21.1 Å². The zero-order chi connectivity index (χ0) is 14.8. The van der Waals surface area contributed by atoms with E-state index in [1.165, 1.54) is 42.8 Å². The van der Waals surface area contributed by atoms with Crippen LogP contribution in [-0.4, -0.2) is 27.5 Å². The molecule has 0 spiro atoms. The molecule has 3 heteroatoms. The fourth-order valence-corrected chi connectivity index (χ4v) is 3.58. The zero-order valence-corrected chi connectivity index (χ0v) is 13.3. The lowest BCUT2D eigenvalue weighted by Crippen LogP contribution is -2.34. The van der Waals surface area contributed by atoms with Crippen molar-refractivity contribution in [3.05, 3.63) is 47.4 Å². The molecule has 0 unspecified atom stereocenters. The number of hydrogen-bond donors (Lipinski definition) is 0. The summed E-state index contributed by atoms with van der Waals surface area (Å²) in [6, 6.07) is 9.20. The van der Waals surface area contributed by atoms with Crippen molar-refractivity contribution in [2.75, 3.05) is 13.1 Å². The molecule has 0 aromatic carbocycles. The van der Waals surface area contributed by atoms with Crippen molar-refractivity contribution in [1.29, 1.82) is 0 Å². The molecule has 0 amide bonds. The van der Waals surface area contributed by atoms with E-state index in [1.807, 2.05) is 6.20 Å². The average molecular weight is 283 g/mol. The third kappa shape index (κ3) is 2.62. The van der Waals surface area contributed by atoms with Crippen LogP contribution in [-0.2, 0) is 0 Å². The SMILES string of the molecule is CCN1CCCC[C@H]1c1cccnc1-n1c(C)ccc1C. The second kappa shape index (κ2) is 6.02. The van der Waals surface area contributed by atoms with Gasteiger partial charge in [0, 0.05) is 29.2 Å². The van der Waals surface area contributed by atoms with Gasteiger partial charge in [-0.1, -0.05) is 19.4 Å². The Balaban J connectivity index is 2.08. The van der Waals surface area contributed by atoms with Crippen LogP contribution in [0.15, 0.2) is 30.5 Å². The van der Waals surface area contributed by atoms with Crippen LogP contribution in [0.1, 0.15) is 49.2 Å². The predicted molar refractivity (Wildman–Crippen MR) is 86.9 cm³/mol. The molecule has 0 radical (unpaired) electrons. The molecule has 0 N–H and O–H groups in total. The number of pyridine rings is 1. The molecule has 1 aliphatic heterocycles. The lowest BCUT2D eigenvalue weighted by molar-refractivity contribution is 0.157. The molecule has 2 aromatic heterocycles. The first-order valence-electron chi connectivity index (χ1n) is 8.06. The second-order valence-corrected chi connectivity index (χ2v) is 6.01. The van der Waals surface area contributed by atoms with Gasteiger partial charge >= 0.3 is 0 Å². The standard InChI is InChI=1S/C18H25N3/c1-4-20-13-6-5-9-17(20)16-8-7-12-19-18(16)21-14(2)10-11-15(21)3/h7-8,10-12,17H,4-6,9,13H2,1-3H3/t17-/m0/s1. The van der Waals surface area contributed by atoms with Gasteiger partial charge in [-0.15, -0.1) is 0 Å². The van der Waals surface area contributed by atoms with E-state index in [4.69, 9.17) is 4.98 Å². The molecule has 3 heterocycles. The Morgan fingerprint density at radius 3 is 2.62 bits per heavy atom. The summed E-state index contributed by atoms with van der Waals surface area (Å²) in [5, 5.41) is 0. The monoisotopic (exact) mass is 283 g/mol. The summed E-state index contributed by atoms with van der Waals surface area (Å²) >= 11 is 0. The van der Waals surface area contributed by atoms with Crippen LogP contribution in [0.3, 0.4) is 0 Å². The molecule has 21 heavy (non-hydrogen) atoms. The number of aromatic nitrogens is 2. The van der Waals surface area contributed by atoms with Gasteiger partial charge in [0.1, 0.15) is 5.82 Å². The quantitative estimate of drug-likeness (QED) is 0.848. The lowest BCUT2D eigenvalue weighted by Gasteiger charge is -2.36. The van der Waals surface area contributed by atoms with E-state index < -0.39 is 0 Å². The molecule has 1 aliphatic rings. The third-order valence-corrected chi connectivity index (χ3v) is 4.68. The van der Waals surface area contributed by atoms with Crippen molar-refractivity contribution in [1.82, 2.24) is 14.5 Å². The highest BCUT2D eigenvalue weighted by molar-refractivity contribution is 5.40. The predicted octanol–water partition coefficient (Wildman–Crippen LogP) is 4.04. The highest BCUT2D eigenvalue weighted by Gasteiger charge is 2.26. The zero-order valence-electron chi connectivity index (χ0n) is 13.3. The van der Waals surface area contributed by atoms with Crippen LogP contribution in [0.5, 0.6) is 0 Å². The minimum atomic E-state index is 0.508. The van der Waals surface area contributed by atoms with Gasteiger partial charge in [-0.25, -0.2) is 4.98 Å². The smallest absolute Gasteiger partial charge is 0.141 e. The first kappa shape index (κ1) is 14.3. The number of likely N-dealkylation sites (tertiary alicyclic amines) is 1. The van der Waals surface area contributed by atoms with Gasteiger partial charge in [-0.2, -0.15) is 0 Å². The van der Waals surface area contributed by atoms with Crippen molar-refractivity contribution in [2.45, 2.75) is 46.1 Å². The van der Waals surface area contributed by atoms with Crippen LogP contribution in [0.2, 0.25) is 0 Å². The highest BCUT2D eigenvalue weighted by atomic mass is 15.2. The number of aryl methyl sites for hydroxylation is 2. The van der Waals surface area contributed by atoms with Crippen molar-refractivity contribution in [3.8, 4) is 5.82 Å². The largest absolute Gasteiger partial charge is 0.303 e. The van der Waals surface area contributed by atoms with Crippen LogP contribution in [0.4, 0.5) is 0 Å². The third-order valence-electron chi connectivity index (χ3n) is 4.68. The van der Waals surface area contributed by atoms with Crippen LogP contribution >= 0.6 is 0 Å². The van der Waals surface area contributed by atoms with Gasteiger partial charge in [0.05, 0.1) is 0 Å². The van der Waals surface area contributed by atoms with Crippen molar-refractivity contribution < 1.29 is 0 Å². The van der Waals surface area contributed by atoms with Gasteiger partial charge in [0.2, 0.25) is 0 Å². The van der Waals surface area contributed by atoms with Crippen LogP contribution < -0.4 is 0 Å². The Kier molecular flexibility index (Phi) is 4.11. The molecule has 0 saturated carbocycles. The molecule has 1 fully saturated rings. The first-order chi connectivity index (χ1) is 10.2. The molecular formula is C18H25N3. The van der Waals surface area contributed by atoms with Crippen molar-refractivity contribution in [3.63, 3.8) is 0 Å². The molecule has 2 aromatic rings. The molecule has 0 bridgehead atoms. The maximum atomic E-state index is 4.72. The van der Waals surface area contributed by atoms with Gasteiger partial charge in [0.25, 0.3) is 0 Å². The summed E-state index contributed by atoms with van der Waals surface area (Å²) in [5.74, 6) is 1.11. The maximum Gasteiger partial charge on any atom is 0.141 e. The molecule has 1 saturated heterocycles. The van der Waals surface area contributed by atoms with Gasteiger partial charge in [-0.3, -0.25) is 4.90 Å². The summed E-state index contributed by atoms with van der Waals surface area (Å²) in [7, 11) is 0. The second-order valence-electron chi connectivity index (χ2n) is 6.01. The van der Waals surface area contributed by atoms with Crippen LogP contribution in [0, 0.1) is 13.8 Å². The average Bonchev–Trinajstić information content (AvgIpc) is 2.86. The molecule has 3 nitrogen and oxygen atoms in total. The van der Waals surface area contributed by atoms with Crippen LogP contribution in [0.25, 0.3) is 5.82 Å². The summed E-state index contributed by atoms with van der Waals surface area (Å²) in [4.78, 5) is 7.32. The fraction of sp³-hybridized carbons (Fsp3) is 0.500. The van der Waals surface area contributed by atoms with E-state index in [1.54, 1.807) is 0 Å². The molecular weight excluding hydrogens is 258 g/mol. The summed E-state index contributed by atoms with van der Waals surface area (Å²) in [5.41, 5.74) is 3.89. The Hall–Kier alpha value is -1.61. The Morgan fingerprint density at radius 2 is 1.90 bits per heavy atom. The van der Waals surface area contributed by atoms with E-state index in [0.29, 0.717) is 6.04 Å². The fourth-order valence-electron chi connectivity index (χ4n) is 3.58. The molecule has 3 rings (SSSR count). The summed E-state index contributed by atoms with van der Waals surface area (Å²) in [6.07, 6.45) is 5.80. The van der Waals surface area contributed by atoms with Gasteiger partial charge in [-0.05, 0) is 58.0 Å². The van der Waals surface area contributed by atoms with Gasteiger partial charge < -0.3 is 4.57 Å². The van der Waals surface area contributed by atoms with E-state index in [-0.39, 0.29) is 0 Å². The minimum absolute atomic E-state index is 0.508. The summed E-state index contributed by atoms with van der Waals surface area (Å²) in [6.45, 7) is 8.90. The van der Waals surface area contributed by atoms with Crippen molar-refractivity contribution in [2.24, 2.45) is 0 Å². The van der Waals surface area contributed by atoms with E-state index in [2.05, 4.69) is 54.5 Å². The number of hydrogen-bond acceptors (Lipinski definition) is 2. The van der Waals surface area contributed by atoms with Gasteiger partial charge in [0.15, 0.2) is 0 Å². The van der Waals surface area contributed by atoms with E-state index >= 15 is 0 Å². The molecule has 112 valence electrons. The van der Waals surface area contributed by atoms with E-state index in [9.17, 15) is 0 Å². The Bertz CT molecular complexity index is 595. The van der Waals surface area contributed by atoms with Crippen molar-refractivity contribution >= 4 is 0 Å². The minimum Gasteiger partial charge on any atom is -0.303 e. The Labute approximate surface area is 127 Å². The molecule has 0 aliphatic carbocycles. The normalized spacial score (nSPS) is 19.9. The lowest BCUT2D eigenvalue weighted by atomic mass is 9.95. The first-order valence-corrected chi connectivity index (χ1v) is 8.06. The number of nitrogens with zero attached hydrogens (tertiary/aromatic N) is 3.